The minimum absolute atomic E-state index is 0.136. The summed E-state index contributed by atoms with van der Waals surface area (Å²) in [5.74, 6) is 0. The maximum absolute atomic E-state index is 2.41. The van der Waals surface area contributed by atoms with Crippen LogP contribution in [0, 0.1) is 13.8 Å². The van der Waals surface area contributed by atoms with Crippen LogP contribution in [0.25, 0.3) is 0 Å². The fourth-order valence-electron chi connectivity index (χ4n) is 4.02. The minimum atomic E-state index is 0.136. The molecule has 0 aromatic heterocycles. The smallest absolute Gasteiger partial charge is 0.0186 e. The van der Waals surface area contributed by atoms with Crippen molar-refractivity contribution in [2.45, 2.75) is 51.9 Å². The van der Waals surface area contributed by atoms with Crippen LogP contribution < -0.4 is 0 Å². The van der Waals surface area contributed by atoms with Gasteiger partial charge in [0.05, 0.1) is 0 Å². The molecule has 0 amide bonds. The summed E-state index contributed by atoms with van der Waals surface area (Å²) in [6, 6.07) is 16.0. The molecule has 1 aliphatic carbocycles. The quantitative estimate of drug-likeness (QED) is 0.656. The van der Waals surface area contributed by atoms with Crippen molar-refractivity contribution >= 4 is 0 Å². The van der Waals surface area contributed by atoms with E-state index in [1.807, 2.05) is 0 Å². The average molecular weight is 264 g/mol. The first-order valence-corrected chi connectivity index (χ1v) is 7.52. The second-order valence-corrected chi connectivity index (χ2v) is 7.31. The zero-order valence-electron chi connectivity index (χ0n) is 13.2. The number of hydrogen-bond acceptors (Lipinski definition) is 0. The molecule has 0 N–H and O–H groups in total. The summed E-state index contributed by atoms with van der Waals surface area (Å²) in [5.41, 5.74) is 7.59. The lowest BCUT2D eigenvalue weighted by molar-refractivity contribution is 0.425. The Bertz CT molecular complexity index is 663. The van der Waals surface area contributed by atoms with E-state index in [-0.39, 0.29) is 10.8 Å². The summed E-state index contributed by atoms with van der Waals surface area (Å²) in [6.45, 7) is 11.5. The number of rotatable bonds is 1. The molecule has 0 saturated carbocycles. The SMILES string of the molecule is Cc1cccc(C2(C)CC(C)(C)c3ccc(C)cc32)c1. The standard InChI is InChI=1S/C20H24/c1-14-7-6-8-16(11-14)20(5)13-19(3,4)17-10-9-15(2)12-18(17)20/h6-12H,13H2,1-5H3. The maximum atomic E-state index is 2.41. The molecule has 0 heterocycles. The molecule has 1 atom stereocenters. The van der Waals surface area contributed by atoms with Gasteiger partial charge in [-0.05, 0) is 42.4 Å². The minimum Gasteiger partial charge on any atom is -0.0617 e. The van der Waals surface area contributed by atoms with E-state index >= 15 is 0 Å². The molecular formula is C20H24. The van der Waals surface area contributed by atoms with Gasteiger partial charge in [0.25, 0.3) is 0 Å². The Kier molecular flexibility index (Phi) is 2.83. The normalized spacial score (nSPS) is 23.6. The van der Waals surface area contributed by atoms with Crippen LogP contribution in [0.1, 0.15) is 55.0 Å². The topological polar surface area (TPSA) is 0 Å². The van der Waals surface area contributed by atoms with Gasteiger partial charge in [-0.1, -0.05) is 74.4 Å². The van der Waals surface area contributed by atoms with Crippen LogP contribution >= 0.6 is 0 Å². The van der Waals surface area contributed by atoms with Gasteiger partial charge < -0.3 is 0 Å². The summed E-state index contributed by atoms with van der Waals surface area (Å²) in [5, 5.41) is 0. The molecule has 0 spiro atoms. The first-order chi connectivity index (χ1) is 9.33. The highest BCUT2D eigenvalue weighted by molar-refractivity contribution is 5.53. The zero-order valence-corrected chi connectivity index (χ0v) is 13.2. The van der Waals surface area contributed by atoms with Crippen molar-refractivity contribution in [1.29, 1.82) is 0 Å². The van der Waals surface area contributed by atoms with E-state index in [1.54, 1.807) is 0 Å². The monoisotopic (exact) mass is 264 g/mol. The Labute approximate surface area is 122 Å². The van der Waals surface area contributed by atoms with Crippen molar-refractivity contribution in [2.75, 3.05) is 0 Å². The molecule has 0 nitrogen and oxygen atoms in total. The van der Waals surface area contributed by atoms with Crippen molar-refractivity contribution in [2.24, 2.45) is 0 Å². The first-order valence-electron chi connectivity index (χ1n) is 7.52. The predicted octanol–water partition coefficient (Wildman–Crippen LogP) is 5.29. The van der Waals surface area contributed by atoms with Gasteiger partial charge in [-0.15, -0.1) is 0 Å². The molecule has 1 unspecified atom stereocenters. The zero-order chi connectivity index (χ0) is 14.5. The molecule has 1 aliphatic rings. The molecule has 2 aromatic rings. The summed E-state index contributed by atoms with van der Waals surface area (Å²) in [4.78, 5) is 0. The summed E-state index contributed by atoms with van der Waals surface area (Å²) in [6.07, 6.45) is 1.18. The lowest BCUT2D eigenvalue weighted by Crippen LogP contribution is -2.23. The van der Waals surface area contributed by atoms with E-state index in [0.717, 1.165) is 0 Å². The third kappa shape index (κ3) is 1.90. The fraction of sp³-hybridized carbons (Fsp3) is 0.400. The lowest BCUT2D eigenvalue weighted by atomic mass is 9.74. The highest BCUT2D eigenvalue weighted by Gasteiger charge is 2.45. The molecule has 0 saturated heterocycles. The van der Waals surface area contributed by atoms with E-state index in [2.05, 4.69) is 77.1 Å². The van der Waals surface area contributed by atoms with Crippen LogP contribution in [0.5, 0.6) is 0 Å². The number of fused-ring (bicyclic) bond motifs is 1. The molecule has 2 aromatic carbocycles. The Hall–Kier alpha value is -1.56. The van der Waals surface area contributed by atoms with Crippen LogP contribution in [-0.2, 0) is 10.8 Å². The van der Waals surface area contributed by atoms with Gasteiger partial charge >= 0.3 is 0 Å². The van der Waals surface area contributed by atoms with Crippen molar-refractivity contribution in [3.05, 3.63) is 70.3 Å². The molecule has 20 heavy (non-hydrogen) atoms. The summed E-state index contributed by atoms with van der Waals surface area (Å²) < 4.78 is 0. The van der Waals surface area contributed by atoms with E-state index < -0.39 is 0 Å². The number of hydrogen-bond donors (Lipinski definition) is 0. The average Bonchev–Trinajstić information content (AvgIpc) is 2.57. The molecule has 0 heteroatoms. The summed E-state index contributed by atoms with van der Waals surface area (Å²) in [7, 11) is 0. The maximum Gasteiger partial charge on any atom is 0.0186 e. The van der Waals surface area contributed by atoms with Crippen molar-refractivity contribution in [1.82, 2.24) is 0 Å². The number of benzene rings is 2. The van der Waals surface area contributed by atoms with Gasteiger partial charge in [0, 0.05) is 5.41 Å². The van der Waals surface area contributed by atoms with E-state index in [9.17, 15) is 0 Å². The van der Waals surface area contributed by atoms with Gasteiger partial charge in [0.2, 0.25) is 0 Å². The van der Waals surface area contributed by atoms with E-state index in [0.29, 0.717) is 0 Å². The lowest BCUT2D eigenvalue weighted by Gasteiger charge is -2.29. The van der Waals surface area contributed by atoms with Crippen LogP contribution in [0.15, 0.2) is 42.5 Å². The fourth-order valence-corrected chi connectivity index (χ4v) is 4.02. The molecule has 3 rings (SSSR count). The van der Waals surface area contributed by atoms with Crippen molar-refractivity contribution in [3.8, 4) is 0 Å². The molecule has 0 aliphatic heterocycles. The molecule has 0 bridgehead atoms. The second kappa shape index (κ2) is 4.22. The largest absolute Gasteiger partial charge is 0.0617 e. The second-order valence-electron chi connectivity index (χ2n) is 7.31. The Morgan fingerprint density at radius 3 is 2.20 bits per heavy atom. The van der Waals surface area contributed by atoms with Crippen LogP contribution in [0.2, 0.25) is 0 Å². The predicted molar refractivity (Wildman–Crippen MR) is 86.5 cm³/mol. The van der Waals surface area contributed by atoms with Crippen LogP contribution in [0.3, 0.4) is 0 Å². The van der Waals surface area contributed by atoms with E-state index in [1.165, 1.54) is 34.2 Å². The highest BCUT2D eigenvalue weighted by Crippen LogP contribution is 2.52. The molecule has 104 valence electrons. The van der Waals surface area contributed by atoms with Crippen molar-refractivity contribution in [3.63, 3.8) is 0 Å². The third-order valence-electron chi connectivity index (χ3n) is 4.95. The third-order valence-corrected chi connectivity index (χ3v) is 4.95. The first kappa shape index (κ1) is 13.4. The highest BCUT2D eigenvalue weighted by atomic mass is 14.5. The van der Waals surface area contributed by atoms with Gasteiger partial charge in [-0.2, -0.15) is 0 Å². The Balaban J connectivity index is 2.24. The van der Waals surface area contributed by atoms with Gasteiger partial charge in [0.1, 0.15) is 0 Å². The van der Waals surface area contributed by atoms with E-state index in [4.69, 9.17) is 0 Å². The van der Waals surface area contributed by atoms with Crippen molar-refractivity contribution < 1.29 is 0 Å². The van der Waals surface area contributed by atoms with Gasteiger partial charge in [0.15, 0.2) is 0 Å². The Morgan fingerprint density at radius 1 is 0.800 bits per heavy atom. The van der Waals surface area contributed by atoms with Crippen LogP contribution in [0.4, 0.5) is 0 Å². The number of aryl methyl sites for hydroxylation is 2. The molecule has 0 fully saturated rings. The Morgan fingerprint density at radius 2 is 1.50 bits per heavy atom. The molecule has 0 radical (unpaired) electrons. The van der Waals surface area contributed by atoms with Crippen LogP contribution in [-0.4, -0.2) is 0 Å². The van der Waals surface area contributed by atoms with Gasteiger partial charge in [-0.25, -0.2) is 0 Å². The van der Waals surface area contributed by atoms with Gasteiger partial charge in [-0.3, -0.25) is 0 Å². The molecular weight excluding hydrogens is 240 g/mol. The summed E-state index contributed by atoms with van der Waals surface area (Å²) >= 11 is 0.